The highest BCUT2D eigenvalue weighted by Crippen LogP contribution is 2.27. The Bertz CT molecular complexity index is 667. The monoisotopic (exact) mass is 454 g/mol. The number of carbonyl (C=O) groups is 1. The molecule has 0 saturated heterocycles. The molecule has 0 aliphatic rings. The fourth-order valence-electron chi connectivity index (χ4n) is 1.31. The lowest BCUT2D eigenvalue weighted by Crippen LogP contribution is -2.15. The number of benzene rings is 1. The third kappa shape index (κ3) is 5.61. The Labute approximate surface area is 152 Å². The highest BCUT2D eigenvalue weighted by molar-refractivity contribution is 14.0. The van der Waals surface area contributed by atoms with Crippen LogP contribution in [0.15, 0.2) is 39.5 Å². The van der Waals surface area contributed by atoms with Crippen LogP contribution >= 0.6 is 56.4 Å². The minimum absolute atomic E-state index is 0. The van der Waals surface area contributed by atoms with Gasteiger partial charge in [-0.1, -0.05) is 26.7 Å². The summed E-state index contributed by atoms with van der Waals surface area (Å²) < 4.78 is 7.01. The first-order valence-electron chi connectivity index (χ1n) is 5.76. The molecular weight excluding hydrogens is 439 g/mol. The largest absolute Gasteiger partial charge is 0.497 e. The van der Waals surface area contributed by atoms with Crippen LogP contribution in [0.2, 0.25) is 0 Å². The van der Waals surface area contributed by atoms with Crippen LogP contribution < -0.4 is 9.41 Å². The Morgan fingerprint density at radius 3 is 2.71 bits per heavy atom. The second-order valence-corrected chi connectivity index (χ2v) is 7.49. The van der Waals surface area contributed by atoms with E-state index < -0.39 is 0 Å². The minimum Gasteiger partial charge on any atom is -0.497 e. The quantitative estimate of drug-likeness (QED) is 0.391. The van der Waals surface area contributed by atoms with Crippen LogP contribution in [0.3, 0.4) is 0 Å². The Balaban J connectivity index is 0.00000220. The SMILES string of the molecule is COc1cccc(/N=c2/cc(SC(=O)N(C)C)ss2)c1.I. The molecule has 0 fully saturated rings. The molecule has 0 unspecified atom stereocenters. The molecule has 0 aliphatic carbocycles. The van der Waals surface area contributed by atoms with E-state index in [0.717, 1.165) is 20.3 Å². The van der Waals surface area contributed by atoms with Gasteiger partial charge >= 0.3 is 0 Å². The zero-order valence-electron chi connectivity index (χ0n) is 11.7. The molecule has 2 aromatic rings. The molecule has 0 spiro atoms. The average Bonchev–Trinajstić information content (AvgIpc) is 2.86. The topological polar surface area (TPSA) is 41.9 Å². The fourth-order valence-corrected chi connectivity index (χ4v) is 4.49. The molecule has 4 nitrogen and oxygen atoms in total. The van der Waals surface area contributed by atoms with Crippen molar-refractivity contribution >= 4 is 67.3 Å². The van der Waals surface area contributed by atoms with E-state index in [2.05, 4.69) is 4.99 Å². The van der Waals surface area contributed by atoms with Gasteiger partial charge in [-0.15, -0.1) is 24.0 Å². The van der Waals surface area contributed by atoms with E-state index in [9.17, 15) is 4.79 Å². The molecule has 114 valence electrons. The maximum atomic E-state index is 11.6. The van der Waals surface area contributed by atoms with Gasteiger partial charge < -0.3 is 9.64 Å². The highest BCUT2D eigenvalue weighted by atomic mass is 127. The molecular formula is C13H15IN2O2S3. The number of carbonyl (C=O) groups excluding carboxylic acids is 1. The Morgan fingerprint density at radius 2 is 2.05 bits per heavy atom. The second kappa shape index (κ2) is 8.76. The van der Waals surface area contributed by atoms with Crippen LogP contribution in [0.4, 0.5) is 10.5 Å². The van der Waals surface area contributed by atoms with Crippen molar-refractivity contribution < 1.29 is 9.53 Å². The van der Waals surface area contributed by atoms with Gasteiger partial charge in [0.2, 0.25) is 0 Å². The van der Waals surface area contributed by atoms with Gasteiger partial charge in [0, 0.05) is 20.2 Å². The number of methoxy groups -OCH3 is 1. The molecule has 21 heavy (non-hydrogen) atoms. The summed E-state index contributed by atoms with van der Waals surface area (Å²) in [5.41, 5.74) is 0.842. The third-order valence-corrected chi connectivity index (χ3v) is 6.02. The number of thioether (sulfide) groups is 1. The lowest BCUT2D eigenvalue weighted by Gasteiger charge is -2.06. The van der Waals surface area contributed by atoms with Crippen LogP contribution in [0.1, 0.15) is 0 Å². The number of hydrogen-bond acceptors (Lipinski definition) is 6. The fraction of sp³-hybridized carbons (Fsp3) is 0.231. The van der Waals surface area contributed by atoms with Crippen LogP contribution in [-0.4, -0.2) is 31.3 Å². The maximum absolute atomic E-state index is 11.6. The molecule has 1 aromatic carbocycles. The van der Waals surface area contributed by atoms with E-state index in [-0.39, 0.29) is 29.2 Å². The molecule has 2 rings (SSSR count). The molecule has 1 heterocycles. The van der Waals surface area contributed by atoms with Crippen LogP contribution in [-0.2, 0) is 0 Å². The number of hydrogen-bond donors (Lipinski definition) is 0. The van der Waals surface area contributed by atoms with Crippen molar-refractivity contribution in [3.8, 4) is 5.75 Å². The summed E-state index contributed by atoms with van der Waals surface area (Å²) >= 11 is 1.22. The average molecular weight is 454 g/mol. The van der Waals surface area contributed by atoms with Gasteiger partial charge in [0.15, 0.2) is 0 Å². The van der Waals surface area contributed by atoms with E-state index in [1.807, 2.05) is 30.3 Å². The van der Waals surface area contributed by atoms with E-state index >= 15 is 0 Å². The van der Waals surface area contributed by atoms with Crippen molar-refractivity contribution in [2.45, 2.75) is 4.21 Å². The van der Waals surface area contributed by atoms with Gasteiger partial charge in [0.05, 0.1) is 17.0 Å². The number of halogens is 1. The Kier molecular flexibility index (Phi) is 7.71. The first-order valence-corrected chi connectivity index (χ1v) is 8.73. The molecule has 8 heteroatoms. The van der Waals surface area contributed by atoms with Crippen LogP contribution in [0, 0.1) is 0 Å². The predicted molar refractivity (Wildman–Crippen MR) is 101 cm³/mol. The summed E-state index contributed by atoms with van der Waals surface area (Å²) in [6.45, 7) is 0. The van der Waals surface area contributed by atoms with Crippen molar-refractivity contribution in [2.75, 3.05) is 21.2 Å². The first-order chi connectivity index (χ1) is 9.58. The van der Waals surface area contributed by atoms with Crippen molar-refractivity contribution in [3.05, 3.63) is 35.0 Å². The standard InChI is InChI=1S/C13H14N2O2S3.HI/c1-15(2)13(16)18-12-8-11(19-20-12)14-9-5-4-6-10(7-9)17-3;/h4-8H,1-3H3;1H/b14-11-;. The van der Waals surface area contributed by atoms with E-state index in [1.165, 1.54) is 11.8 Å². The van der Waals surface area contributed by atoms with Crippen molar-refractivity contribution in [3.63, 3.8) is 0 Å². The second-order valence-electron chi connectivity index (χ2n) is 4.04. The minimum atomic E-state index is 0. The van der Waals surface area contributed by atoms with E-state index in [1.54, 1.807) is 46.8 Å². The molecule has 0 saturated carbocycles. The lowest BCUT2D eigenvalue weighted by atomic mass is 10.3. The molecule has 1 aromatic heterocycles. The number of rotatable bonds is 3. The number of amides is 1. The molecule has 0 bridgehead atoms. The third-order valence-electron chi connectivity index (χ3n) is 2.30. The van der Waals surface area contributed by atoms with Crippen molar-refractivity contribution in [1.29, 1.82) is 0 Å². The van der Waals surface area contributed by atoms with Crippen molar-refractivity contribution in [2.24, 2.45) is 4.99 Å². The Hall–Kier alpha value is -0.580. The normalized spacial score (nSPS) is 10.9. The van der Waals surface area contributed by atoms with Gasteiger partial charge in [0.1, 0.15) is 10.4 Å². The summed E-state index contributed by atoms with van der Waals surface area (Å²) in [7, 11) is 8.23. The zero-order chi connectivity index (χ0) is 14.5. The van der Waals surface area contributed by atoms with Gasteiger partial charge in [-0.05, 0) is 30.0 Å². The number of nitrogens with zero attached hydrogens (tertiary/aromatic N) is 2. The van der Waals surface area contributed by atoms with Crippen LogP contribution in [0.5, 0.6) is 5.75 Å². The molecule has 1 amide bonds. The molecule has 0 atom stereocenters. The summed E-state index contributed by atoms with van der Waals surface area (Å²) in [6, 6.07) is 9.51. The highest BCUT2D eigenvalue weighted by Gasteiger charge is 2.08. The Morgan fingerprint density at radius 1 is 1.29 bits per heavy atom. The van der Waals surface area contributed by atoms with Gasteiger partial charge in [-0.3, -0.25) is 4.79 Å². The zero-order valence-corrected chi connectivity index (χ0v) is 16.5. The molecule has 0 radical (unpaired) electrons. The smallest absolute Gasteiger partial charge is 0.286 e. The van der Waals surface area contributed by atoms with Crippen LogP contribution in [0.25, 0.3) is 0 Å². The summed E-state index contributed by atoms with van der Waals surface area (Å²) in [6.07, 6.45) is 0. The maximum Gasteiger partial charge on any atom is 0.286 e. The lowest BCUT2D eigenvalue weighted by molar-refractivity contribution is 0.241. The van der Waals surface area contributed by atoms with E-state index in [4.69, 9.17) is 4.74 Å². The summed E-state index contributed by atoms with van der Waals surface area (Å²) in [5, 5.41) is 0.0204. The van der Waals surface area contributed by atoms with Crippen molar-refractivity contribution in [1.82, 2.24) is 4.90 Å². The van der Waals surface area contributed by atoms with Gasteiger partial charge in [0.25, 0.3) is 5.24 Å². The van der Waals surface area contributed by atoms with Gasteiger partial charge in [-0.2, -0.15) is 0 Å². The first kappa shape index (κ1) is 18.5. The predicted octanol–water partition coefficient (Wildman–Crippen LogP) is 4.44. The van der Waals surface area contributed by atoms with E-state index in [0.29, 0.717) is 0 Å². The number of ether oxygens (including phenoxy) is 1. The molecule has 0 N–H and O–H groups in total. The summed E-state index contributed by atoms with van der Waals surface area (Å²) in [5.74, 6) is 0.781. The van der Waals surface area contributed by atoms with Gasteiger partial charge in [-0.25, -0.2) is 4.99 Å². The molecule has 0 aliphatic heterocycles. The summed E-state index contributed by atoms with van der Waals surface area (Å²) in [4.78, 5) is 17.7.